The van der Waals surface area contributed by atoms with E-state index >= 15 is 0 Å². The summed E-state index contributed by atoms with van der Waals surface area (Å²) >= 11 is 0. The molecule has 0 amide bonds. The second-order valence-electron chi connectivity index (χ2n) is 7.12. The molecule has 1 aliphatic carbocycles. The molecule has 0 spiro atoms. The Labute approximate surface area is 165 Å². The van der Waals surface area contributed by atoms with E-state index in [1.165, 1.54) is 22.3 Å². The zero-order chi connectivity index (χ0) is 18.8. The van der Waals surface area contributed by atoms with Gasteiger partial charge in [0, 0.05) is 25.5 Å². The highest BCUT2D eigenvalue weighted by Gasteiger charge is 2.33. The number of nitrogens with zero attached hydrogens (tertiary/aromatic N) is 3. The molecule has 4 aromatic rings. The standard InChI is InChI=1S/C25H21N3/c1-3-13-23-21(11-1)22-12-2-4-14-24(22)25(23)28(17-19-9-5-7-15-26-19)18-20-10-6-8-16-27-20/h1-16,25H,17-18H2. The normalized spacial score (nSPS) is 12.8. The van der Waals surface area contributed by atoms with Crippen molar-refractivity contribution >= 4 is 0 Å². The van der Waals surface area contributed by atoms with Crippen LogP contribution in [0.15, 0.2) is 97.3 Å². The van der Waals surface area contributed by atoms with Crippen LogP contribution in [-0.2, 0) is 13.1 Å². The Hall–Kier alpha value is -3.30. The molecule has 0 bridgehead atoms. The molecule has 0 saturated carbocycles. The van der Waals surface area contributed by atoms with Crippen molar-refractivity contribution in [1.82, 2.24) is 14.9 Å². The van der Waals surface area contributed by atoms with Gasteiger partial charge in [0.05, 0.1) is 17.4 Å². The zero-order valence-corrected chi connectivity index (χ0v) is 15.6. The van der Waals surface area contributed by atoms with Crippen LogP contribution in [0, 0.1) is 0 Å². The maximum atomic E-state index is 4.58. The molecule has 1 aliphatic rings. The predicted molar refractivity (Wildman–Crippen MR) is 111 cm³/mol. The molecule has 0 unspecified atom stereocenters. The van der Waals surface area contributed by atoms with Gasteiger partial charge < -0.3 is 0 Å². The Morgan fingerprint density at radius 3 is 1.50 bits per heavy atom. The van der Waals surface area contributed by atoms with Gasteiger partial charge in [-0.1, -0.05) is 60.7 Å². The van der Waals surface area contributed by atoms with Gasteiger partial charge >= 0.3 is 0 Å². The number of rotatable bonds is 5. The zero-order valence-electron chi connectivity index (χ0n) is 15.6. The summed E-state index contributed by atoms with van der Waals surface area (Å²) < 4.78 is 0. The lowest BCUT2D eigenvalue weighted by molar-refractivity contribution is 0.205. The van der Waals surface area contributed by atoms with E-state index in [-0.39, 0.29) is 6.04 Å². The quantitative estimate of drug-likeness (QED) is 0.485. The van der Waals surface area contributed by atoms with Crippen LogP contribution < -0.4 is 0 Å². The minimum Gasteiger partial charge on any atom is -0.281 e. The molecule has 136 valence electrons. The first-order valence-corrected chi connectivity index (χ1v) is 9.62. The Morgan fingerprint density at radius 2 is 1.04 bits per heavy atom. The number of pyridine rings is 2. The summed E-state index contributed by atoms with van der Waals surface area (Å²) in [5, 5.41) is 0. The summed E-state index contributed by atoms with van der Waals surface area (Å²) in [7, 11) is 0. The van der Waals surface area contributed by atoms with Gasteiger partial charge in [-0.25, -0.2) is 0 Å². The summed E-state index contributed by atoms with van der Waals surface area (Å²) in [4.78, 5) is 11.6. The monoisotopic (exact) mass is 363 g/mol. The van der Waals surface area contributed by atoms with Crippen molar-refractivity contribution in [2.24, 2.45) is 0 Å². The van der Waals surface area contributed by atoms with E-state index in [0.29, 0.717) is 0 Å². The lowest BCUT2D eigenvalue weighted by Gasteiger charge is -2.30. The van der Waals surface area contributed by atoms with E-state index in [2.05, 4.69) is 87.7 Å². The largest absolute Gasteiger partial charge is 0.281 e. The first kappa shape index (κ1) is 16.8. The molecule has 3 nitrogen and oxygen atoms in total. The van der Waals surface area contributed by atoms with E-state index in [1.54, 1.807) is 0 Å². The molecular weight excluding hydrogens is 342 g/mol. The van der Waals surface area contributed by atoms with Crippen molar-refractivity contribution < 1.29 is 0 Å². The minimum absolute atomic E-state index is 0.191. The average molecular weight is 363 g/mol. The third kappa shape index (κ3) is 3.10. The van der Waals surface area contributed by atoms with Crippen LogP contribution in [-0.4, -0.2) is 14.9 Å². The molecule has 0 N–H and O–H groups in total. The van der Waals surface area contributed by atoms with Crippen molar-refractivity contribution in [2.75, 3.05) is 0 Å². The van der Waals surface area contributed by atoms with Crippen LogP contribution in [0.4, 0.5) is 0 Å². The summed E-state index contributed by atoms with van der Waals surface area (Å²) in [5.74, 6) is 0. The predicted octanol–water partition coefficient (Wildman–Crippen LogP) is 5.25. The summed E-state index contributed by atoms with van der Waals surface area (Å²) in [6.45, 7) is 1.54. The van der Waals surface area contributed by atoms with Crippen LogP contribution in [0.1, 0.15) is 28.6 Å². The van der Waals surface area contributed by atoms with Crippen molar-refractivity contribution in [3.05, 3.63) is 120 Å². The van der Waals surface area contributed by atoms with E-state index < -0.39 is 0 Å². The fourth-order valence-electron chi connectivity index (χ4n) is 4.16. The molecule has 0 aliphatic heterocycles. The molecule has 2 aromatic heterocycles. The van der Waals surface area contributed by atoms with Crippen molar-refractivity contribution in [3.8, 4) is 11.1 Å². The van der Waals surface area contributed by atoms with E-state index in [4.69, 9.17) is 0 Å². The molecule has 2 aromatic carbocycles. The van der Waals surface area contributed by atoms with Gasteiger partial charge in [-0.3, -0.25) is 14.9 Å². The Bertz CT molecular complexity index is 990. The van der Waals surface area contributed by atoms with Gasteiger partial charge in [0.15, 0.2) is 0 Å². The van der Waals surface area contributed by atoms with Crippen LogP contribution in [0.5, 0.6) is 0 Å². The van der Waals surface area contributed by atoms with Crippen molar-refractivity contribution in [3.63, 3.8) is 0 Å². The molecule has 0 saturated heterocycles. The second kappa shape index (κ2) is 7.37. The fourth-order valence-corrected chi connectivity index (χ4v) is 4.16. The number of benzene rings is 2. The third-order valence-electron chi connectivity index (χ3n) is 5.35. The van der Waals surface area contributed by atoms with Gasteiger partial charge in [0.2, 0.25) is 0 Å². The van der Waals surface area contributed by atoms with Gasteiger partial charge in [-0.2, -0.15) is 0 Å². The van der Waals surface area contributed by atoms with Crippen LogP contribution in [0.25, 0.3) is 11.1 Å². The van der Waals surface area contributed by atoms with Crippen LogP contribution >= 0.6 is 0 Å². The highest BCUT2D eigenvalue weighted by Crippen LogP contribution is 2.46. The first-order valence-electron chi connectivity index (χ1n) is 9.62. The smallest absolute Gasteiger partial charge is 0.0621 e. The van der Waals surface area contributed by atoms with E-state index in [1.807, 2.05) is 24.5 Å². The maximum Gasteiger partial charge on any atom is 0.0621 e. The number of hydrogen-bond donors (Lipinski definition) is 0. The lowest BCUT2D eigenvalue weighted by Crippen LogP contribution is -2.28. The SMILES string of the molecule is c1ccc(CN(Cc2ccccn2)C2c3ccccc3-c3ccccc32)nc1. The highest BCUT2D eigenvalue weighted by atomic mass is 15.2. The summed E-state index contributed by atoms with van der Waals surface area (Å²) in [5.41, 5.74) is 7.51. The molecule has 0 radical (unpaired) electrons. The second-order valence-corrected chi connectivity index (χ2v) is 7.12. The number of aromatic nitrogens is 2. The number of hydrogen-bond acceptors (Lipinski definition) is 3. The molecule has 0 fully saturated rings. The first-order chi connectivity index (χ1) is 13.9. The summed E-state index contributed by atoms with van der Waals surface area (Å²) in [6.07, 6.45) is 3.73. The summed E-state index contributed by atoms with van der Waals surface area (Å²) in [6, 6.07) is 29.9. The number of fused-ring (bicyclic) bond motifs is 3. The van der Waals surface area contributed by atoms with Gasteiger partial charge in [-0.05, 0) is 46.5 Å². The third-order valence-corrected chi connectivity index (χ3v) is 5.35. The highest BCUT2D eigenvalue weighted by molar-refractivity contribution is 5.78. The van der Waals surface area contributed by atoms with Crippen molar-refractivity contribution in [2.45, 2.75) is 19.1 Å². The average Bonchev–Trinajstić information content (AvgIpc) is 3.09. The Balaban J connectivity index is 1.60. The Kier molecular flexibility index (Phi) is 4.43. The van der Waals surface area contributed by atoms with Crippen LogP contribution in [0.2, 0.25) is 0 Å². The van der Waals surface area contributed by atoms with Gasteiger partial charge in [-0.15, -0.1) is 0 Å². The Morgan fingerprint density at radius 1 is 0.571 bits per heavy atom. The van der Waals surface area contributed by atoms with E-state index in [0.717, 1.165) is 24.5 Å². The van der Waals surface area contributed by atoms with Gasteiger partial charge in [0.1, 0.15) is 0 Å². The van der Waals surface area contributed by atoms with Crippen molar-refractivity contribution in [1.29, 1.82) is 0 Å². The molecule has 3 heteroatoms. The molecule has 28 heavy (non-hydrogen) atoms. The van der Waals surface area contributed by atoms with E-state index in [9.17, 15) is 0 Å². The fraction of sp³-hybridized carbons (Fsp3) is 0.120. The minimum atomic E-state index is 0.191. The molecule has 2 heterocycles. The molecule has 0 atom stereocenters. The molecule has 5 rings (SSSR count). The van der Waals surface area contributed by atoms with Crippen LogP contribution in [0.3, 0.4) is 0 Å². The molecular formula is C25H21N3. The maximum absolute atomic E-state index is 4.58. The van der Waals surface area contributed by atoms with Gasteiger partial charge in [0.25, 0.3) is 0 Å². The lowest BCUT2D eigenvalue weighted by atomic mass is 10.0. The topological polar surface area (TPSA) is 29.0 Å².